The van der Waals surface area contributed by atoms with Crippen LogP contribution in [0.15, 0.2) is 48.6 Å². The van der Waals surface area contributed by atoms with Gasteiger partial charge in [-0.1, -0.05) is 6.07 Å². The van der Waals surface area contributed by atoms with E-state index in [1.54, 1.807) is 30.6 Å². The van der Waals surface area contributed by atoms with Crippen LogP contribution in [0.1, 0.15) is 5.56 Å². The molecule has 2 aromatic rings. The smallest absolute Gasteiger partial charge is 0.125 e. The Labute approximate surface area is 170 Å². The molecule has 0 unspecified atom stereocenters. The molecule has 4 rings (SSSR count). The number of hydrogen-bond acceptors (Lipinski definition) is 7. The van der Waals surface area contributed by atoms with Crippen LogP contribution in [0.3, 0.4) is 0 Å². The number of phenolic OH excluding ortho intramolecular Hbond substituents is 1. The van der Waals surface area contributed by atoms with Crippen LogP contribution in [0.4, 0.5) is 0 Å². The molecule has 2 aliphatic heterocycles. The van der Waals surface area contributed by atoms with Gasteiger partial charge in [0.1, 0.15) is 5.75 Å². The van der Waals surface area contributed by atoms with E-state index < -0.39 is 0 Å². The highest BCUT2D eigenvalue weighted by atomic mass is 16.3. The van der Waals surface area contributed by atoms with Crippen molar-refractivity contribution in [3.8, 4) is 16.9 Å². The number of rotatable bonds is 6. The number of H-pyrrole nitrogens is 1. The third-order valence-electron chi connectivity index (χ3n) is 5.92. The van der Waals surface area contributed by atoms with Crippen molar-refractivity contribution in [3.63, 3.8) is 0 Å². The summed E-state index contributed by atoms with van der Waals surface area (Å²) >= 11 is 0. The van der Waals surface area contributed by atoms with Crippen molar-refractivity contribution < 1.29 is 10.2 Å². The predicted molar refractivity (Wildman–Crippen MR) is 112 cm³/mol. The van der Waals surface area contributed by atoms with Crippen molar-refractivity contribution in [2.45, 2.75) is 0 Å². The third kappa shape index (κ3) is 4.08. The standard InChI is InChI=1S/C21H28N6O2/c22-19(18-2-1-14(7-20(18)29)15-8-24-25-9-15)3-4-21(23)27-12-16-10-26(5-6-28)11-17(16)13-27/h1-4,7-9,16-17,28-29H,5-6,10-13,22-23H2,(H,24,25)/b19-3-,21-4+/t16-,17+. The predicted octanol–water partition coefficient (Wildman–Crippen LogP) is 0.738. The molecule has 8 heteroatoms. The normalized spacial score (nSPS) is 23.0. The Morgan fingerprint density at radius 3 is 2.52 bits per heavy atom. The van der Waals surface area contributed by atoms with Gasteiger partial charge in [0.05, 0.1) is 18.6 Å². The molecule has 8 nitrogen and oxygen atoms in total. The first kappa shape index (κ1) is 19.4. The highest BCUT2D eigenvalue weighted by Crippen LogP contribution is 2.32. The van der Waals surface area contributed by atoms with Crippen LogP contribution in [0.2, 0.25) is 0 Å². The summed E-state index contributed by atoms with van der Waals surface area (Å²) in [4.78, 5) is 4.51. The Bertz CT molecular complexity index is 894. The van der Waals surface area contributed by atoms with E-state index in [4.69, 9.17) is 16.6 Å². The molecule has 0 spiro atoms. The minimum absolute atomic E-state index is 0.115. The van der Waals surface area contributed by atoms with Crippen LogP contribution in [0, 0.1) is 11.8 Å². The van der Waals surface area contributed by atoms with Gasteiger partial charge < -0.3 is 31.5 Å². The molecule has 1 aromatic heterocycles. The summed E-state index contributed by atoms with van der Waals surface area (Å²) in [7, 11) is 0. The number of aromatic hydroxyl groups is 1. The van der Waals surface area contributed by atoms with Crippen molar-refractivity contribution >= 4 is 5.70 Å². The summed E-state index contributed by atoms with van der Waals surface area (Å²) in [6, 6.07) is 5.37. The molecule has 2 saturated heterocycles. The van der Waals surface area contributed by atoms with Gasteiger partial charge in [-0.15, -0.1) is 0 Å². The summed E-state index contributed by atoms with van der Waals surface area (Å²) < 4.78 is 0. The zero-order chi connectivity index (χ0) is 20.4. The lowest BCUT2D eigenvalue weighted by Gasteiger charge is -2.22. The number of nitrogens with two attached hydrogens (primary N) is 2. The van der Waals surface area contributed by atoms with E-state index in [-0.39, 0.29) is 12.4 Å². The van der Waals surface area contributed by atoms with Crippen molar-refractivity contribution in [1.82, 2.24) is 20.0 Å². The second-order valence-electron chi connectivity index (χ2n) is 7.84. The second kappa shape index (κ2) is 8.18. The largest absolute Gasteiger partial charge is 0.507 e. The minimum Gasteiger partial charge on any atom is -0.507 e. The van der Waals surface area contributed by atoms with Crippen LogP contribution in [-0.2, 0) is 0 Å². The molecule has 0 radical (unpaired) electrons. The van der Waals surface area contributed by atoms with Crippen LogP contribution in [0.25, 0.3) is 16.8 Å². The fourth-order valence-corrected chi connectivity index (χ4v) is 4.36. The number of benzene rings is 1. The molecule has 29 heavy (non-hydrogen) atoms. The van der Waals surface area contributed by atoms with E-state index in [0.29, 0.717) is 28.9 Å². The Morgan fingerprint density at radius 1 is 1.14 bits per heavy atom. The van der Waals surface area contributed by atoms with Crippen molar-refractivity contribution in [3.05, 3.63) is 54.1 Å². The number of β-amino-alcohol motifs (C(OH)–C–C–N with tert-alkyl or cyclic N) is 1. The van der Waals surface area contributed by atoms with E-state index in [9.17, 15) is 5.11 Å². The number of aliphatic hydroxyl groups is 1. The SMILES string of the molecule is N/C(=C\C=C(/N)N1C[C@H]2CN(CCO)C[C@H]2C1)c1ccc(-c2cn[nH]c2)cc1O. The van der Waals surface area contributed by atoms with Gasteiger partial charge in [-0.2, -0.15) is 5.10 Å². The third-order valence-corrected chi connectivity index (χ3v) is 5.92. The van der Waals surface area contributed by atoms with Gasteiger partial charge in [0.2, 0.25) is 0 Å². The maximum atomic E-state index is 10.4. The van der Waals surface area contributed by atoms with Crippen LogP contribution in [0.5, 0.6) is 5.75 Å². The van der Waals surface area contributed by atoms with Crippen LogP contribution in [-0.4, -0.2) is 69.5 Å². The van der Waals surface area contributed by atoms with Crippen molar-refractivity contribution in [2.75, 3.05) is 39.3 Å². The Hall–Kier alpha value is -2.97. The van der Waals surface area contributed by atoms with Crippen LogP contribution < -0.4 is 11.5 Å². The maximum absolute atomic E-state index is 10.4. The van der Waals surface area contributed by atoms with Gasteiger partial charge in [0, 0.05) is 55.7 Å². The summed E-state index contributed by atoms with van der Waals surface area (Å²) in [5, 5.41) is 26.2. The van der Waals surface area contributed by atoms with Gasteiger partial charge in [0.15, 0.2) is 0 Å². The molecular weight excluding hydrogens is 368 g/mol. The van der Waals surface area contributed by atoms with E-state index in [1.807, 2.05) is 12.1 Å². The number of fused-ring (bicyclic) bond motifs is 1. The molecule has 0 aliphatic carbocycles. The topological polar surface area (TPSA) is 128 Å². The zero-order valence-corrected chi connectivity index (χ0v) is 16.3. The molecule has 154 valence electrons. The number of hydrogen-bond donors (Lipinski definition) is 5. The monoisotopic (exact) mass is 396 g/mol. The average molecular weight is 396 g/mol. The number of allylic oxidation sites excluding steroid dienone is 2. The fraction of sp³-hybridized carbons (Fsp3) is 0.381. The molecular formula is C21H28N6O2. The molecule has 3 heterocycles. The molecule has 0 bridgehead atoms. The molecule has 0 amide bonds. The fourth-order valence-electron chi connectivity index (χ4n) is 4.36. The first-order chi connectivity index (χ1) is 14.0. The van der Waals surface area contributed by atoms with E-state index in [2.05, 4.69) is 20.0 Å². The summed E-state index contributed by atoms with van der Waals surface area (Å²) in [6.07, 6.45) is 7.02. The molecule has 1 aromatic carbocycles. The molecule has 0 saturated carbocycles. The lowest BCUT2D eigenvalue weighted by molar-refractivity contribution is 0.206. The number of likely N-dealkylation sites (tertiary alicyclic amines) is 2. The summed E-state index contributed by atoms with van der Waals surface area (Å²) in [5.74, 6) is 1.98. The number of nitrogens with zero attached hydrogens (tertiary/aromatic N) is 3. The quantitative estimate of drug-likeness (QED) is 0.456. The number of aromatic amines is 1. The summed E-state index contributed by atoms with van der Waals surface area (Å²) in [6.45, 7) is 4.85. The van der Waals surface area contributed by atoms with Crippen molar-refractivity contribution in [2.24, 2.45) is 23.3 Å². The van der Waals surface area contributed by atoms with Gasteiger partial charge in [0.25, 0.3) is 0 Å². The zero-order valence-electron chi connectivity index (χ0n) is 16.3. The minimum atomic E-state index is 0.115. The van der Waals surface area contributed by atoms with Gasteiger partial charge in [-0.05, 0) is 41.7 Å². The van der Waals surface area contributed by atoms with Crippen LogP contribution >= 0.6 is 0 Å². The highest BCUT2D eigenvalue weighted by molar-refractivity contribution is 5.74. The first-order valence-corrected chi connectivity index (χ1v) is 9.88. The highest BCUT2D eigenvalue weighted by Gasteiger charge is 2.39. The number of aliphatic hydroxyl groups excluding tert-OH is 1. The number of phenols is 1. The maximum Gasteiger partial charge on any atom is 0.125 e. The van der Waals surface area contributed by atoms with Gasteiger partial charge in [-0.3, -0.25) is 5.10 Å². The molecule has 7 N–H and O–H groups in total. The number of nitrogens with one attached hydrogen (secondary N) is 1. The molecule has 2 atom stereocenters. The lowest BCUT2D eigenvalue weighted by atomic mass is 10.0. The van der Waals surface area contributed by atoms with E-state index in [1.165, 1.54) is 0 Å². The first-order valence-electron chi connectivity index (χ1n) is 9.88. The molecule has 2 fully saturated rings. The number of aromatic nitrogens is 2. The average Bonchev–Trinajstić information content (AvgIpc) is 3.42. The Balaban J connectivity index is 1.41. The van der Waals surface area contributed by atoms with E-state index in [0.717, 1.165) is 43.9 Å². The van der Waals surface area contributed by atoms with Crippen molar-refractivity contribution in [1.29, 1.82) is 0 Å². The van der Waals surface area contributed by atoms with Gasteiger partial charge >= 0.3 is 0 Å². The Morgan fingerprint density at radius 2 is 1.90 bits per heavy atom. The lowest BCUT2D eigenvalue weighted by Crippen LogP contribution is -2.32. The second-order valence-corrected chi connectivity index (χ2v) is 7.84. The van der Waals surface area contributed by atoms with E-state index >= 15 is 0 Å². The van der Waals surface area contributed by atoms with Gasteiger partial charge in [-0.25, -0.2) is 0 Å². The Kier molecular flexibility index (Phi) is 5.46. The molecule has 2 aliphatic rings. The summed E-state index contributed by atoms with van der Waals surface area (Å²) in [5.41, 5.74) is 15.3.